The number of halogens is 1. The van der Waals surface area contributed by atoms with Gasteiger partial charge in [-0.05, 0) is 13.0 Å². The van der Waals surface area contributed by atoms with Gasteiger partial charge < -0.3 is 10.1 Å². The monoisotopic (exact) mass is 278 g/mol. The molecule has 0 fully saturated rings. The molecule has 0 saturated heterocycles. The first-order valence-electron chi connectivity index (χ1n) is 5.78. The van der Waals surface area contributed by atoms with E-state index >= 15 is 0 Å². The molecule has 0 aliphatic rings. The lowest BCUT2D eigenvalue weighted by Crippen LogP contribution is -2.01. The van der Waals surface area contributed by atoms with Crippen molar-refractivity contribution >= 4 is 11.5 Å². The van der Waals surface area contributed by atoms with Crippen LogP contribution in [0.2, 0.25) is 0 Å². The van der Waals surface area contributed by atoms with Crippen molar-refractivity contribution in [1.82, 2.24) is 9.97 Å². The first-order valence-corrected chi connectivity index (χ1v) is 5.78. The molecular formula is C12H11FN4O3. The summed E-state index contributed by atoms with van der Waals surface area (Å²) < 4.78 is 18.4. The van der Waals surface area contributed by atoms with Gasteiger partial charge in [0.25, 0.3) is 0 Å². The van der Waals surface area contributed by atoms with E-state index in [1.807, 2.05) is 6.92 Å². The molecule has 1 N–H and O–H groups in total. The Balaban J connectivity index is 2.31. The van der Waals surface area contributed by atoms with Gasteiger partial charge in [-0.2, -0.15) is 0 Å². The van der Waals surface area contributed by atoms with E-state index in [1.165, 1.54) is 12.4 Å². The second-order valence-corrected chi connectivity index (χ2v) is 3.74. The van der Waals surface area contributed by atoms with Gasteiger partial charge in [-0.15, -0.1) is 0 Å². The van der Waals surface area contributed by atoms with Gasteiger partial charge in [0.05, 0.1) is 4.92 Å². The molecule has 0 bridgehead atoms. The molecule has 7 nitrogen and oxygen atoms in total. The fourth-order valence-corrected chi connectivity index (χ4v) is 1.51. The maximum Gasteiger partial charge on any atom is 0.311 e. The van der Waals surface area contributed by atoms with E-state index in [9.17, 15) is 14.5 Å². The molecular weight excluding hydrogens is 267 g/mol. The Labute approximate surface area is 113 Å². The summed E-state index contributed by atoms with van der Waals surface area (Å²) in [4.78, 5) is 18.0. The fraction of sp³-hybridized carbons (Fsp3) is 0.167. The summed E-state index contributed by atoms with van der Waals surface area (Å²) in [6.45, 7) is 2.54. The standard InChI is InChI=1S/C12H11FN4O3/c1-2-14-11-6-12(16-7-15-11)20-10-5-8(13)3-4-9(10)17(18)19/h3-7H,2H2,1H3,(H,14,15,16). The third kappa shape index (κ3) is 3.16. The number of rotatable bonds is 5. The molecule has 0 aliphatic heterocycles. The number of benzene rings is 1. The van der Waals surface area contributed by atoms with Crippen LogP contribution in [0.3, 0.4) is 0 Å². The Hall–Kier alpha value is -2.77. The molecule has 0 unspecified atom stereocenters. The largest absolute Gasteiger partial charge is 0.431 e. The van der Waals surface area contributed by atoms with Crippen molar-refractivity contribution in [3.63, 3.8) is 0 Å². The second kappa shape index (κ2) is 5.91. The van der Waals surface area contributed by atoms with Gasteiger partial charge in [-0.25, -0.2) is 14.4 Å². The zero-order chi connectivity index (χ0) is 14.5. The minimum atomic E-state index is -0.652. The van der Waals surface area contributed by atoms with Gasteiger partial charge in [0.2, 0.25) is 11.6 Å². The molecule has 0 atom stereocenters. The Morgan fingerprint density at radius 3 is 2.90 bits per heavy atom. The van der Waals surface area contributed by atoms with Crippen LogP contribution in [0.5, 0.6) is 11.6 Å². The van der Waals surface area contributed by atoms with E-state index < -0.39 is 10.7 Å². The molecule has 0 saturated carbocycles. The lowest BCUT2D eigenvalue weighted by Gasteiger charge is -2.07. The van der Waals surface area contributed by atoms with Crippen LogP contribution < -0.4 is 10.1 Å². The van der Waals surface area contributed by atoms with Crippen molar-refractivity contribution in [1.29, 1.82) is 0 Å². The summed E-state index contributed by atoms with van der Waals surface area (Å²) in [7, 11) is 0. The highest BCUT2D eigenvalue weighted by atomic mass is 19.1. The summed E-state index contributed by atoms with van der Waals surface area (Å²) in [6.07, 6.45) is 1.25. The van der Waals surface area contributed by atoms with Gasteiger partial charge >= 0.3 is 5.69 Å². The average Bonchev–Trinajstić information content (AvgIpc) is 2.39. The van der Waals surface area contributed by atoms with Crippen molar-refractivity contribution < 1.29 is 14.1 Å². The molecule has 0 amide bonds. The first-order chi connectivity index (χ1) is 9.60. The number of nitro groups is 1. The third-order valence-electron chi connectivity index (χ3n) is 2.33. The van der Waals surface area contributed by atoms with E-state index in [-0.39, 0.29) is 17.3 Å². The van der Waals surface area contributed by atoms with Crippen LogP contribution in [-0.2, 0) is 0 Å². The number of anilines is 1. The zero-order valence-electron chi connectivity index (χ0n) is 10.5. The first kappa shape index (κ1) is 13.7. The molecule has 0 spiro atoms. The van der Waals surface area contributed by atoms with Crippen molar-refractivity contribution in [2.45, 2.75) is 6.92 Å². The summed E-state index contributed by atoms with van der Waals surface area (Å²) in [5.74, 6) is -0.246. The number of hydrogen-bond acceptors (Lipinski definition) is 6. The number of nitro benzene ring substituents is 1. The molecule has 2 aromatic rings. The highest BCUT2D eigenvalue weighted by Crippen LogP contribution is 2.31. The molecule has 20 heavy (non-hydrogen) atoms. The number of hydrogen-bond donors (Lipinski definition) is 1. The molecule has 1 aromatic carbocycles. The summed E-state index contributed by atoms with van der Waals surface area (Å²) in [5, 5.41) is 13.8. The van der Waals surface area contributed by atoms with E-state index in [4.69, 9.17) is 4.74 Å². The molecule has 0 radical (unpaired) electrons. The smallest absolute Gasteiger partial charge is 0.311 e. The van der Waals surface area contributed by atoms with Crippen LogP contribution in [0.4, 0.5) is 15.9 Å². The predicted octanol–water partition coefficient (Wildman–Crippen LogP) is 2.75. The molecule has 0 aliphatic carbocycles. The average molecular weight is 278 g/mol. The highest BCUT2D eigenvalue weighted by Gasteiger charge is 2.17. The number of nitrogens with zero attached hydrogens (tertiary/aromatic N) is 3. The SMILES string of the molecule is CCNc1cc(Oc2cc(F)ccc2[N+](=O)[O-])ncn1. The maximum absolute atomic E-state index is 13.2. The predicted molar refractivity (Wildman–Crippen MR) is 69.3 cm³/mol. The van der Waals surface area contributed by atoms with Gasteiger partial charge in [0.15, 0.2) is 0 Å². The number of nitrogens with one attached hydrogen (secondary N) is 1. The van der Waals surface area contributed by atoms with Crippen LogP contribution >= 0.6 is 0 Å². The van der Waals surface area contributed by atoms with Gasteiger partial charge in [-0.1, -0.05) is 0 Å². The topological polar surface area (TPSA) is 90.2 Å². The number of aromatic nitrogens is 2. The lowest BCUT2D eigenvalue weighted by molar-refractivity contribution is -0.385. The normalized spacial score (nSPS) is 10.1. The van der Waals surface area contributed by atoms with Gasteiger partial charge in [-0.3, -0.25) is 10.1 Å². The Bertz CT molecular complexity index is 636. The highest BCUT2D eigenvalue weighted by molar-refractivity contribution is 5.48. The lowest BCUT2D eigenvalue weighted by atomic mass is 10.3. The van der Waals surface area contributed by atoms with Crippen molar-refractivity contribution in [3.05, 3.63) is 46.5 Å². The van der Waals surface area contributed by atoms with E-state index in [0.717, 1.165) is 18.2 Å². The Kier molecular flexibility index (Phi) is 4.04. The van der Waals surface area contributed by atoms with Crippen LogP contribution in [0.1, 0.15) is 6.92 Å². The van der Waals surface area contributed by atoms with Crippen molar-refractivity contribution in [2.75, 3.05) is 11.9 Å². The fourth-order valence-electron chi connectivity index (χ4n) is 1.51. The minimum absolute atomic E-state index is 0.0876. The number of ether oxygens (including phenoxy) is 1. The molecule has 1 aromatic heterocycles. The van der Waals surface area contributed by atoms with E-state index in [0.29, 0.717) is 12.4 Å². The second-order valence-electron chi connectivity index (χ2n) is 3.74. The molecule has 1 heterocycles. The van der Waals surface area contributed by atoms with E-state index in [1.54, 1.807) is 0 Å². The van der Waals surface area contributed by atoms with Crippen LogP contribution in [0.25, 0.3) is 0 Å². The third-order valence-corrected chi connectivity index (χ3v) is 2.33. The minimum Gasteiger partial charge on any atom is -0.431 e. The summed E-state index contributed by atoms with van der Waals surface area (Å²) in [5.41, 5.74) is -0.338. The summed E-state index contributed by atoms with van der Waals surface area (Å²) in [6, 6.07) is 4.44. The summed E-state index contributed by atoms with van der Waals surface area (Å²) >= 11 is 0. The van der Waals surface area contributed by atoms with Gasteiger partial charge in [0.1, 0.15) is 18.0 Å². The molecule has 8 heteroatoms. The van der Waals surface area contributed by atoms with Crippen molar-refractivity contribution in [3.8, 4) is 11.6 Å². The Morgan fingerprint density at radius 2 is 2.20 bits per heavy atom. The Morgan fingerprint density at radius 1 is 1.40 bits per heavy atom. The van der Waals surface area contributed by atoms with Gasteiger partial charge in [0, 0.05) is 24.7 Å². The van der Waals surface area contributed by atoms with Crippen LogP contribution in [-0.4, -0.2) is 21.4 Å². The van der Waals surface area contributed by atoms with Crippen LogP contribution in [0.15, 0.2) is 30.6 Å². The molecule has 2 rings (SSSR count). The quantitative estimate of drug-likeness (QED) is 0.668. The molecule has 104 valence electrons. The van der Waals surface area contributed by atoms with E-state index in [2.05, 4.69) is 15.3 Å². The zero-order valence-corrected chi connectivity index (χ0v) is 10.5. The van der Waals surface area contributed by atoms with Crippen molar-refractivity contribution in [2.24, 2.45) is 0 Å². The maximum atomic E-state index is 13.2. The van der Waals surface area contributed by atoms with Crippen LogP contribution in [0, 0.1) is 15.9 Å².